The first-order valence-electron chi connectivity index (χ1n) is 5.60. The van der Waals surface area contributed by atoms with E-state index in [9.17, 15) is 4.79 Å². The van der Waals surface area contributed by atoms with Crippen LogP contribution in [0.25, 0.3) is 0 Å². The molecule has 1 rings (SSSR count). The van der Waals surface area contributed by atoms with Crippen molar-refractivity contribution in [2.24, 2.45) is 5.92 Å². The highest BCUT2D eigenvalue weighted by Gasteiger charge is 2.24. The van der Waals surface area contributed by atoms with Gasteiger partial charge in [0.1, 0.15) is 10.6 Å². The lowest BCUT2D eigenvalue weighted by molar-refractivity contribution is 0.0964. The number of hydrogen-bond acceptors (Lipinski definition) is 5. The molecule has 0 aliphatic heterocycles. The Morgan fingerprint density at radius 2 is 2.06 bits per heavy atom. The number of nitrogens with one attached hydrogen (secondary N) is 1. The van der Waals surface area contributed by atoms with Crippen LogP contribution in [0.4, 0.5) is 10.8 Å². The second kappa shape index (κ2) is 5.35. The summed E-state index contributed by atoms with van der Waals surface area (Å²) in [6.45, 7) is 6.41. The number of amides is 1. The van der Waals surface area contributed by atoms with Crippen molar-refractivity contribution in [2.75, 3.05) is 24.7 Å². The standard InChI is InChI=1S/C11H20N4OS/c1-6(2)7(3)15(5)11-8(10(16)13-4)9(12)14-17-11/h6-7H,1-5H3,(H2,12,14)(H,13,16). The Hall–Kier alpha value is -1.30. The zero-order chi connectivity index (χ0) is 13.2. The minimum Gasteiger partial charge on any atom is -0.382 e. The molecule has 17 heavy (non-hydrogen) atoms. The second-order valence-electron chi connectivity index (χ2n) is 4.42. The number of hydrogen-bond donors (Lipinski definition) is 2. The van der Waals surface area contributed by atoms with E-state index in [4.69, 9.17) is 5.73 Å². The Labute approximate surface area is 106 Å². The van der Waals surface area contributed by atoms with Gasteiger partial charge in [-0.05, 0) is 24.4 Å². The van der Waals surface area contributed by atoms with Crippen molar-refractivity contribution in [2.45, 2.75) is 26.8 Å². The highest BCUT2D eigenvalue weighted by Crippen LogP contribution is 2.31. The maximum absolute atomic E-state index is 11.8. The van der Waals surface area contributed by atoms with Gasteiger partial charge >= 0.3 is 0 Å². The summed E-state index contributed by atoms with van der Waals surface area (Å²) in [5.74, 6) is 0.599. The minimum absolute atomic E-state index is 0.186. The molecule has 1 atom stereocenters. The van der Waals surface area contributed by atoms with Gasteiger partial charge in [-0.15, -0.1) is 0 Å². The van der Waals surface area contributed by atoms with E-state index in [-0.39, 0.29) is 5.91 Å². The van der Waals surface area contributed by atoms with Crippen LogP contribution in [0.5, 0.6) is 0 Å². The van der Waals surface area contributed by atoms with E-state index in [1.165, 1.54) is 11.5 Å². The number of anilines is 2. The third kappa shape index (κ3) is 2.69. The normalized spacial score (nSPS) is 12.6. The molecule has 1 heterocycles. The number of carbonyl (C=O) groups excluding carboxylic acids is 1. The van der Waals surface area contributed by atoms with E-state index >= 15 is 0 Å². The number of aromatic nitrogens is 1. The molecule has 0 aliphatic carbocycles. The van der Waals surface area contributed by atoms with Crippen molar-refractivity contribution < 1.29 is 4.79 Å². The predicted molar refractivity (Wildman–Crippen MR) is 72.6 cm³/mol. The molecule has 0 radical (unpaired) electrons. The Balaban J connectivity index is 3.10. The van der Waals surface area contributed by atoms with Crippen LogP contribution in [0.3, 0.4) is 0 Å². The molecule has 0 fully saturated rings. The molecule has 0 saturated heterocycles. The van der Waals surface area contributed by atoms with Gasteiger partial charge in [-0.3, -0.25) is 4.79 Å². The van der Waals surface area contributed by atoms with E-state index in [2.05, 4.69) is 35.4 Å². The topological polar surface area (TPSA) is 71.2 Å². The Morgan fingerprint density at radius 3 is 2.53 bits per heavy atom. The first-order valence-corrected chi connectivity index (χ1v) is 6.37. The molecule has 5 nitrogen and oxygen atoms in total. The molecular formula is C11H20N4OS. The summed E-state index contributed by atoms with van der Waals surface area (Å²) in [4.78, 5) is 13.8. The Bertz CT molecular complexity index is 402. The first kappa shape index (κ1) is 13.8. The highest BCUT2D eigenvalue weighted by molar-refractivity contribution is 7.11. The molecule has 1 aromatic heterocycles. The molecule has 1 aromatic rings. The van der Waals surface area contributed by atoms with Crippen LogP contribution in [-0.2, 0) is 0 Å². The lowest BCUT2D eigenvalue weighted by Crippen LogP contribution is -2.34. The van der Waals surface area contributed by atoms with Gasteiger partial charge in [0, 0.05) is 20.1 Å². The first-order chi connectivity index (χ1) is 7.90. The molecule has 0 bridgehead atoms. The zero-order valence-electron chi connectivity index (χ0n) is 10.9. The van der Waals surface area contributed by atoms with Crippen LogP contribution in [0.2, 0.25) is 0 Å². The quantitative estimate of drug-likeness (QED) is 0.857. The fraction of sp³-hybridized carbons (Fsp3) is 0.636. The molecule has 1 unspecified atom stereocenters. The van der Waals surface area contributed by atoms with Gasteiger partial charge in [-0.25, -0.2) is 0 Å². The molecule has 1 amide bonds. The summed E-state index contributed by atoms with van der Waals surface area (Å²) in [7, 11) is 3.55. The Morgan fingerprint density at radius 1 is 1.47 bits per heavy atom. The van der Waals surface area contributed by atoms with Crippen LogP contribution < -0.4 is 16.0 Å². The third-order valence-corrected chi connectivity index (χ3v) is 4.00. The van der Waals surface area contributed by atoms with Gasteiger partial charge in [0.2, 0.25) is 0 Å². The molecule has 6 heteroatoms. The molecule has 0 aliphatic rings. The number of nitrogens with zero attached hydrogens (tertiary/aromatic N) is 2. The van der Waals surface area contributed by atoms with Crippen molar-refractivity contribution in [3.63, 3.8) is 0 Å². The highest BCUT2D eigenvalue weighted by atomic mass is 32.1. The molecular weight excluding hydrogens is 236 g/mol. The maximum atomic E-state index is 11.8. The smallest absolute Gasteiger partial charge is 0.257 e. The summed E-state index contributed by atoms with van der Waals surface area (Å²) in [6, 6.07) is 0.318. The van der Waals surface area contributed by atoms with Gasteiger partial charge in [-0.1, -0.05) is 13.8 Å². The van der Waals surface area contributed by atoms with E-state index < -0.39 is 0 Å². The second-order valence-corrected chi connectivity index (χ2v) is 5.17. The van der Waals surface area contributed by atoms with Gasteiger partial charge in [-0.2, -0.15) is 4.37 Å². The van der Waals surface area contributed by atoms with Gasteiger partial charge in [0.05, 0.1) is 0 Å². The van der Waals surface area contributed by atoms with Crippen molar-refractivity contribution in [3.8, 4) is 0 Å². The van der Waals surface area contributed by atoms with Crippen molar-refractivity contribution >= 4 is 28.3 Å². The number of carbonyl (C=O) groups is 1. The van der Waals surface area contributed by atoms with Gasteiger partial charge in [0.15, 0.2) is 5.82 Å². The third-order valence-electron chi connectivity index (χ3n) is 3.05. The predicted octanol–water partition coefficient (Wildman–Crippen LogP) is 1.57. The van der Waals surface area contributed by atoms with E-state index in [0.717, 1.165) is 5.00 Å². The molecule has 96 valence electrons. The van der Waals surface area contributed by atoms with Crippen LogP contribution in [0.15, 0.2) is 0 Å². The lowest BCUT2D eigenvalue weighted by Gasteiger charge is -2.28. The maximum Gasteiger partial charge on any atom is 0.257 e. The monoisotopic (exact) mass is 256 g/mol. The summed E-state index contributed by atoms with van der Waals surface area (Å²) >= 11 is 1.26. The summed E-state index contributed by atoms with van der Waals surface area (Å²) in [6.07, 6.45) is 0. The number of nitrogen functional groups attached to an aromatic ring is 1. The zero-order valence-corrected chi connectivity index (χ0v) is 11.8. The van der Waals surface area contributed by atoms with Crippen molar-refractivity contribution in [1.29, 1.82) is 0 Å². The van der Waals surface area contributed by atoms with E-state index in [1.54, 1.807) is 7.05 Å². The van der Waals surface area contributed by atoms with Crippen LogP contribution in [0.1, 0.15) is 31.1 Å². The molecule has 0 aromatic carbocycles. The van der Waals surface area contributed by atoms with Gasteiger partial charge in [0.25, 0.3) is 5.91 Å². The van der Waals surface area contributed by atoms with E-state index in [0.29, 0.717) is 23.3 Å². The molecule has 3 N–H and O–H groups in total. The van der Waals surface area contributed by atoms with Crippen LogP contribution in [0, 0.1) is 5.92 Å². The van der Waals surface area contributed by atoms with Crippen molar-refractivity contribution in [3.05, 3.63) is 5.56 Å². The molecule has 0 saturated carbocycles. The van der Waals surface area contributed by atoms with E-state index in [1.807, 2.05) is 7.05 Å². The minimum atomic E-state index is -0.186. The lowest BCUT2D eigenvalue weighted by atomic mass is 10.1. The largest absolute Gasteiger partial charge is 0.382 e. The fourth-order valence-corrected chi connectivity index (χ4v) is 2.36. The fourth-order valence-electron chi connectivity index (χ4n) is 1.50. The molecule has 0 spiro atoms. The average Bonchev–Trinajstić information content (AvgIpc) is 2.68. The SMILES string of the molecule is CNC(=O)c1c(N)nsc1N(C)C(C)C(C)C. The summed E-state index contributed by atoms with van der Waals surface area (Å²) < 4.78 is 4.07. The average molecular weight is 256 g/mol. The van der Waals surface area contributed by atoms with Gasteiger partial charge < -0.3 is 16.0 Å². The summed E-state index contributed by atoms with van der Waals surface area (Å²) in [5, 5.41) is 3.41. The number of rotatable bonds is 4. The Kier molecular flexibility index (Phi) is 4.34. The van der Waals surface area contributed by atoms with Crippen molar-refractivity contribution in [1.82, 2.24) is 9.69 Å². The van der Waals surface area contributed by atoms with Crippen LogP contribution in [-0.4, -0.2) is 30.4 Å². The number of nitrogens with two attached hydrogens (primary N) is 1. The van der Waals surface area contributed by atoms with Crippen LogP contribution >= 0.6 is 11.5 Å². The summed E-state index contributed by atoms with van der Waals surface area (Å²) in [5.41, 5.74) is 6.22.